The summed E-state index contributed by atoms with van der Waals surface area (Å²) in [6.45, 7) is 12.4. The summed E-state index contributed by atoms with van der Waals surface area (Å²) in [6.07, 6.45) is 2.83. The smallest absolute Gasteiger partial charge is 0.415 e. The molecule has 0 bridgehead atoms. The van der Waals surface area contributed by atoms with Crippen molar-refractivity contribution in [1.82, 2.24) is 9.88 Å². The van der Waals surface area contributed by atoms with E-state index in [-0.39, 0.29) is 17.6 Å². The van der Waals surface area contributed by atoms with E-state index in [0.29, 0.717) is 36.6 Å². The van der Waals surface area contributed by atoms with Gasteiger partial charge in [-0.3, -0.25) is 9.78 Å². The number of Topliss-reactive ketones (excluding diaryl/α,β-unsaturated/α-hetero) is 1. The number of hydrogen-bond acceptors (Lipinski definition) is 5. The van der Waals surface area contributed by atoms with E-state index in [0.717, 1.165) is 12.1 Å². The molecule has 2 aliphatic heterocycles. The van der Waals surface area contributed by atoms with Crippen molar-refractivity contribution in [1.29, 1.82) is 0 Å². The predicted molar refractivity (Wildman–Crippen MR) is 97.2 cm³/mol. The lowest BCUT2D eigenvalue weighted by Gasteiger charge is -2.34. The normalized spacial score (nSPS) is 22.2. The van der Waals surface area contributed by atoms with Gasteiger partial charge in [0.25, 0.3) is 0 Å². The summed E-state index contributed by atoms with van der Waals surface area (Å²) in [5.74, 6) is 0.894. The van der Waals surface area contributed by atoms with Gasteiger partial charge in [-0.2, -0.15) is 0 Å². The average Bonchev–Trinajstić information content (AvgIpc) is 2.89. The van der Waals surface area contributed by atoms with Crippen LogP contribution in [0.15, 0.2) is 24.6 Å². The van der Waals surface area contributed by atoms with Crippen molar-refractivity contribution >= 4 is 11.9 Å². The Bertz CT molecular complexity index is 766. The molecule has 6 nitrogen and oxygen atoms in total. The van der Waals surface area contributed by atoms with Crippen LogP contribution in [0.5, 0.6) is 5.75 Å². The average molecular weight is 358 g/mol. The van der Waals surface area contributed by atoms with Crippen LogP contribution in [0.25, 0.3) is 0 Å². The minimum Gasteiger partial charge on any atom is -0.482 e. The van der Waals surface area contributed by atoms with E-state index in [1.165, 1.54) is 0 Å². The molecule has 1 spiro atoms. The fourth-order valence-corrected chi connectivity index (χ4v) is 3.52. The van der Waals surface area contributed by atoms with Crippen molar-refractivity contribution in [3.05, 3.63) is 35.9 Å². The van der Waals surface area contributed by atoms with E-state index in [2.05, 4.69) is 32.3 Å². The number of pyridine rings is 1. The van der Waals surface area contributed by atoms with Crippen LogP contribution in [0.4, 0.5) is 4.79 Å². The predicted octanol–water partition coefficient (Wildman–Crippen LogP) is 3.75. The number of likely N-dealkylation sites (tertiary alicyclic amines) is 1. The molecule has 1 amide bonds. The number of hydrogen-bond donors (Lipinski definition) is 0. The Balaban J connectivity index is 1.77. The van der Waals surface area contributed by atoms with Crippen LogP contribution >= 0.6 is 0 Å². The Morgan fingerprint density at radius 3 is 2.85 bits per heavy atom. The van der Waals surface area contributed by atoms with Crippen molar-refractivity contribution in [2.45, 2.75) is 52.6 Å². The Morgan fingerprint density at radius 2 is 2.19 bits per heavy atom. The SMILES string of the molecule is C=C(C)OC(=O)N1CC[C@]2(CC(=O)c3cc(CC(C)(C)C)ncc3O2)C1. The first kappa shape index (κ1) is 18.4. The summed E-state index contributed by atoms with van der Waals surface area (Å²) in [6, 6.07) is 1.85. The van der Waals surface area contributed by atoms with Gasteiger partial charge in [0.1, 0.15) is 11.4 Å². The molecule has 0 saturated carbocycles. The minimum atomic E-state index is -0.689. The summed E-state index contributed by atoms with van der Waals surface area (Å²) >= 11 is 0. The molecule has 0 aliphatic carbocycles. The van der Waals surface area contributed by atoms with Crippen LogP contribution < -0.4 is 4.74 Å². The van der Waals surface area contributed by atoms with Crippen molar-refractivity contribution < 1.29 is 19.1 Å². The second-order valence-corrected chi connectivity index (χ2v) is 8.54. The monoisotopic (exact) mass is 358 g/mol. The second kappa shape index (κ2) is 6.41. The third-order valence-corrected chi connectivity index (χ3v) is 4.58. The topological polar surface area (TPSA) is 68.7 Å². The van der Waals surface area contributed by atoms with Crippen LogP contribution in [-0.4, -0.2) is 40.5 Å². The zero-order valence-electron chi connectivity index (χ0n) is 15.9. The van der Waals surface area contributed by atoms with Crippen LogP contribution in [-0.2, 0) is 11.2 Å². The number of allylic oxidation sites excluding steroid dienone is 1. The van der Waals surface area contributed by atoms with E-state index in [1.807, 2.05) is 6.07 Å². The molecule has 1 saturated heterocycles. The van der Waals surface area contributed by atoms with Gasteiger partial charge in [-0.05, 0) is 24.8 Å². The Kier molecular flexibility index (Phi) is 4.54. The first-order valence-electron chi connectivity index (χ1n) is 8.90. The maximum absolute atomic E-state index is 12.8. The zero-order valence-corrected chi connectivity index (χ0v) is 15.9. The van der Waals surface area contributed by atoms with Crippen LogP contribution in [0, 0.1) is 5.41 Å². The van der Waals surface area contributed by atoms with E-state index in [4.69, 9.17) is 9.47 Å². The van der Waals surface area contributed by atoms with E-state index in [9.17, 15) is 9.59 Å². The molecule has 2 aliphatic rings. The molecule has 3 rings (SSSR count). The molecule has 1 aromatic rings. The number of nitrogens with zero attached hydrogens (tertiary/aromatic N) is 2. The minimum absolute atomic E-state index is 0.0407. The van der Waals surface area contributed by atoms with Crippen molar-refractivity contribution in [3.63, 3.8) is 0 Å². The van der Waals surface area contributed by atoms with Gasteiger partial charge in [0.15, 0.2) is 5.78 Å². The number of fused-ring (bicyclic) bond motifs is 1. The molecule has 3 heterocycles. The quantitative estimate of drug-likeness (QED) is 0.753. The summed E-state index contributed by atoms with van der Waals surface area (Å²) in [5.41, 5.74) is 0.886. The molecule has 0 N–H and O–H groups in total. The molecule has 0 unspecified atom stereocenters. The Labute approximate surface area is 154 Å². The van der Waals surface area contributed by atoms with Crippen LogP contribution in [0.1, 0.15) is 56.6 Å². The highest BCUT2D eigenvalue weighted by Crippen LogP contribution is 2.39. The Hall–Kier alpha value is -2.37. The number of aromatic nitrogens is 1. The third kappa shape index (κ3) is 3.89. The van der Waals surface area contributed by atoms with Gasteiger partial charge >= 0.3 is 6.09 Å². The summed E-state index contributed by atoms with van der Waals surface area (Å²) < 4.78 is 11.2. The summed E-state index contributed by atoms with van der Waals surface area (Å²) in [7, 11) is 0. The number of carbonyl (C=O) groups is 2. The number of ether oxygens (including phenoxy) is 2. The lowest BCUT2D eigenvalue weighted by molar-refractivity contribution is 0.0445. The van der Waals surface area contributed by atoms with Gasteiger partial charge in [0.2, 0.25) is 0 Å². The molecule has 26 heavy (non-hydrogen) atoms. The van der Waals surface area contributed by atoms with Gasteiger partial charge < -0.3 is 14.4 Å². The number of rotatable bonds is 2. The lowest BCUT2D eigenvalue weighted by atomic mass is 9.87. The van der Waals surface area contributed by atoms with Crippen molar-refractivity contribution in [3.8, 4) is 5.75 Å². The van der Waals surface area contributed by atoms with E-state index in [1.54, 1.807) is 18.0 Å². The molecule has 6 heteroatoms. The molecule has 1 atom stereocenters. The molecular formula is C20H26N2O4. The standard InChI is InChI=1S/C20H26N2O4/c1-13(2)25-18(24)22-7-6-20(12-22)10-16(23)15-8-14(9-19(3,4)5)21-11-17(15)26-20/h8,11H,1,6-7,9-10,12H2,2-5H3/t20-/m0/s1. The first-order chi connectivity index (χ1) is 12.1. The van der Waals surface area contributed by atoms with Crippen LogP contribution in [0.3, 0.4) is 0 Å². The summed E-state index contributed by atoms with van der Waals surface area (Å²) in [4.78, 5) is 30.9. The van der Waals surface area contributed by atoms with Gasteiger partial charge in [0, 0.05) is 18.7 Å². The zero-order chi connectivity index (χ0) is 19.1. The molecular weight excluding hydrogens is 332 g/mol. The highest BCUT2D eigenvalue weighted by molar-refractivity contribution is 6.00. The molecule has 0 aromatic carbocycles. The first-order valence-corrected chi connectivity index (χ1v) is 8.90. The number of amides is 1. The van der Waals surface area contributed by atoms with Crippen molar-refractivity contribution in [2.24, 2.45) is 5.41 Å². The fraction of sp³-hybridized carbons (Fsp3) is 0.550. The molecule has 1 fully saturated rings. The largest absolute Gasteiger partial charge is 0.482 e. The maximum Gasteiger partial charge on any atom is 0.415 e. The third-order valence-electron chi connectivity index (χ3n) is 4.58. The van der Waals surface area contributed by atoms with E-state index >= 15 is 0 Å². The fourth-order valence-electron chi connectivity index (χ4n) is 3.52. The molecule has 1 aromatic heterocycles. The van der Waals surface area contributed by atoms with Gasteiger partial charge in [0.05, 0.1) is 30.5 Å². The van der Waals surface area contributed by atoms with Gasteiger partial charge in [-0.25, -0.2) is 4.79 Å². The van der Waals surface area contributed by atoms with Gasteiger partial charge in [-0.15, -0.1) is 0 Å². The van der Waals surface area contributed by atoms with E-state index < -0.39 is 11.7 Å². The highest BCUT2D eigenvalue weighted by atomic mass is 16.6. The number of carbonyl (C=O) groups excluding carboxylic acids is 2. The Morgan fingerprint density at radius 1 is 1.46 bits per heavy atom. The highest BCUT2D eigenvalue weighted by Gasteiger charge is 2.47. The summed E-state index contributed by atoms with van der Waals surface area (Å²) in [5, 5.41) is 0. The van der Waals surface area contributed by atoms with Gasteiger partial charge in [-0.1, -0.05) is 27.4 Å². The maximum atomic E-state index is 12.8. The molecule has 140 valence electrons. The van der Waals surface area contributed by atoms with Crippen molar-refractivity contribution in [2.75, 3.05) is 13.1 Å². The van der Waals surface area contributed by atoms with Crippen LogP contribution in [0.2, 0.25) is 0 Å². The molecule has 0 radical (unpaired) electrons. The second-order valence-electron chi connectivity index (χ2n) is 8.54. The lowest BCUT2D eigenvalue weighted by Crippen LogP contribution is -2.45. The number of ketones is 1.